The average molecular weight is 318 g/mol. The Bertz CT molecular complexity index is 618. The number of hydrogen-bond acceptors (Lipinski definition) is 2. The number of halogens is 1. The Hall–Kier alpha value is -2.00. The van der Waals surface area contributed by atoms with Gasteiger partial charge in [0.15, 0.2) is 0 Å². The molecular formula is C18H20ClNO2. The van der Waals surface area contributed by atoms with Gasteiger partial charge in [-0.1, -0.05) is 35.9 Å². The van der Waals surface area contributed by atoms with E-state index in [1.807, 2.05) is 56.3 Å². The molecule has 2 rings (SSSR count). The van der Waals surface area contributed by atoms with Gasteiger partial charge >= 0.3 is 0 Å². The maximum atomic E-state index is 12.0. The van der Waals surface area contributed by atoms with Gasteiger partial charge in [-0.15, -0.1) is 0 Å². The highest BCUT2D eigenvalue weighted by Crippen LogP contribution is 2.27. The first-order chi connectivity index (χ1) is 10.6. The van der Waals surface area contributed by atoms with Gasteiger partial charge in [0, 0.05) is 6.42 Å². The van der Waals surface area contributed by atoms with Crippen molar-refractivity contribution >= 4 is 23.2 Å². The second-order valence-corrected chi connectivity index (χ2v) is 5.66. The predicted octanol–water partition coefficient (Wildman–Crippen LogP) is 4.75. The molecule has 1 amide bonds. The van der Waals surface area contributed by atoms with Gasteiger partial charge in [-0.25, -0.2) is 0 Å². The third-order valence-electron chi connectivity index (χ3n) is 3.26. The van der Waals surface area contributed by atoms with Crippen molar-refractivity contribution < 1.29 is 9.53 Å². The highest BCUT2D eigenvalue weighted by Gasteiger charge is 2.09. The summed E-state index contributed by atoms with van der Waals surface area (Å²) in [6, 6.07) is 13.4. The van der Waals surface area contributed by atoms with Gasteiger partial charge in [-0.05, 0) is 49.6 Å². The number of aryl methyl sites for hydroxylation is 2. The number of para-hydroxylation sites is 1. The third kappa shape index (κ3) is 4.78. The molecule has 0 saturated heterocycles. The maximum absolute atomic E-state index is 12.0. The van der Waals surface area contributed by atoms with Crippen LogP contribution in [-0.4, -0.2) is 12.5 Å². The van der Waals surface area contributed by atoms with Crippen LogP contribution in [0.1, 0.15) is 24.0 Å². The molecule has 116 valence electrons. The average Bonchev–Trinajstić information content (AvgIpc) is 2.48. The number of hydrogen-bond donors (Lipinski definition) is 1. The number of ether oxygens (including phenoxy) is 1. The van der Waals surface area contributed by atoms with Gasteiger partial charge in [0.1, 0.15) is 5.75 Å². The zero-order valence-corrected chi connectivity index (χ0v) is 13.6. The number of rotatable bonds is 6. The van der Waals surface area contributed by atoms with Gasteiger partial charge in [-0.2, -0.15) is 0 Å². The van der Waals surface area contributed by atoms with Crippen LogP contribution in [0.3, 0.4) is 0 Å². The van der Waals surface area contributed by atoms with Gasteiger partial charge in [0.05, 0.1) is 17.3 Å². The monoisotopic (exact) mass is 317 g/mol. The van der Waals surface area contributed by atoms with E-state index in [4.69, 9.17) is 16.3 Å². The van der Waals surface area contributed by atoms with Gasteiger partial charge in [-0.3, -0.25) is 4.79 Å². The van der Waals surface area contributed by atoms with E-state index >= 15 is 0 Å². The number of anilines is 1. The summed E-state index contributed by atoms with van der Waals surface area (Å²) in [5, 5.41) is 3.45. The zero-order valence-electron chi connectivity index (χ0n) is 12.9. The molecule has 0 heterocycles. The summed E-state index contributed by atoms with van der Waals surface area (Å²) < 4.78 is 5.56. The lowest BCUT2D eigenvalue weighted by Crippen LogP contribution is -2.14. The molecule has 22 heavy (non-hydrogen) atoms. The summed E-state index contributed by atoms with van der Waals surface area (Å²) in [5.41, 5.74) is 2.75. The first-order valence-corrected chi connectivity index (χ1v) is 7.68. The quantitative estimate of drug-likeness (QED) is 0.780. The van der Waals surface area contributed by atoms with Crippen molar-refractivity contribution in [3.05, 3.63) is 58.6 Å². The Kier molecular flexibility index (Phi) is 5.84. The van der Waals surface area contributed by atoms with Crippen LogP contribution in [0.2, 0.25) is 5.02 Å². The number of carbonyl (C=O) groups excluding carboxylic acids is 1. The maximum Gasteiger partial charge on any atom is 0.224 e. The van der Waals surface area contributed by atoms with Crippen LogP contribution < -0.4 is 10.1 Å². The van der Waals surface area contributed by atoms with Gasteiger partial charge in [0.25, 0.3) is 0 Å². The number of carbonyl (C=O) groups is 1. The van der Waals surface area contributed by atoms with Crippen LogP contribution >= 0.6 is 11.6 Å². The minimum absolute atomic E-state index is 0.0504. The van der Waals surface area contributed by atoms with Crippen LogP contribution in [0.4, 0.5) is 5.69 Å². The van der Waals surface area contributed by atoms with Crippen LogP contribution in [0.15, 0.2) is 42.5 Å². The number of benzene rings is 2. The molecule has 0 aliphatic carbocycles. The Morgan fingerprint density at radius 3 is 2.59 bits per heavy atom. The second kappa shape index (κ2) is 7.85. The second-order valence-electron chi connectivity index (χ2n) is 5.25. The normalized spacial score (nSPS) is 10.3. The van der Waals surface area contributed by atoms with Crippen molar-refractivity contribution in [2.24, 2.45) is 0 Å². The molecule has 2 aromatic rings. The minimum Gasteiger partial charge on any atom is -0.494 e. The Labute approximate surface area is 136 Å². The molecule has 2 aromatic carbocycles. The summed E-state index contributed by atoms with van der Waals surface area (Å²) in [6.07, 6.45) is 1.06. The number of nitrogens with one attached hydrogen (secondary N) is 1. The summed E-state index contributed by atoms with van der Waals surface area (Å²) >= 11 is 6.18. The standard InChI is InChI=1S/C18H20ClNO2/c1-13-11-14(2)18(16(19)12-13)20-17(21)9-6-10-22-15-7-4-3-5-8-15/h3-5,7-8,11-12H,6,9-10H2,1-2H3,(H,20,21). The first-order valence-electron chi connectivity index (χ1n) is 7.30. The molecule has 0 unspecified atom stereocenters. The molecule has 0 atom stereocenters. The lowest BCUT2D eigenvalue weighted by molar-refractivity contribution is -0.116. The molecule has 0 bridgehead atoms. The highest BCUT2D eigenvalue weighted by atomic mass is 35.5. The van der Waals surface area contributed by atoms with E-state index in [2.05, 4.69) is 5.32 Å². The largest absolute Gasteiger partial charge is 0.494 e. The highest BCUT2D eigenvalue weighted by molar-refractivity contribution is 6.34. The third-order valence-corrected chi connectivity index (χ3v) is 3.55. The fourth-order valence-electron chi connectivity index (χ4n) is 2.22. The Morgan fingerprint density at radius 1 is 1.18 bits per heavy atom. The van der Waals surface area contributed by atoms with Gasteiger partial charge < -0.3 is 10.1 Å². The zero-order chi connectivity index (χ0) is 15.9. The van der Waals surface area contributed by atoms with Crippen LogP contribution in [0, 0.1) is 13.8 Å². The number of amides is 1. The van der Waals surface area contributed by atoms with Crippen molar-refractivity contribution in [3.8, 4) is 5.75 Å². The van der Waals surface area contributed by atoms with Crippen LogP contribution in [0.5, 0.6) is 5.75 Å². The molecular weight excluding hydrogens is 298 g/mol. The van der Waals surface area contributed by atoms with Crippen molar-refractivity contribution in [2.45, 2.75) is 26.7 Å². The summed E-state index contributed by atoms with van der Waals surface area (Å²) in [6.45, 7) is 4.43. The smallest absolute Gasteiger partial charge is 0.224 e. The molecule has 0 aliphatic heterocycles. The van der Waals surface area contributed by atoms with Crippen LogP contribution in [0.25, 0.3) is 0 Å². The van der Waals surface area contributed by atoms with E-state index in [9.17, 15) is 4.79 Å². The topological polar surface area (TPSA) is 38.3 Å². The fourth-order valence-corrected chi connectivity index (χ4v) is 2.58. The molecule has 0 radical (unpaired) electrons. The van der Waals surface area contributed by atoms with E-state index in [1.165, 1.54) is 0 Å². The van der Waals surface area contributed by atoms with Gasteiger partial charge in [0.2, 0.25) is 5.91 Å². The Balaban J connectivity index is 1.79. The molecule has 0 aromatic heterocycles. The predicted molar refractivity (Wildman–Crippen MR) is 90.7 cm³/mol. The summed E-state index contributed by atoms with van der Waals surface area (Å²) in [4.78, 5) is 12.0. The Morgan fingerprint density at radius 2 is 1.91 bits per heavy atom. The molecule has 0 spiro atoms. The van der Waals surface area contributed by atoms with Crippen molar-refractivity contribution in [1.29, 1.82) is 0 Å². The molecule has 0 aliphatic rings. The van der Waals surface area contributed by atoms with E-state index < -0.39 is 0 Å². The molecule has 4 heteroatoms. The van der Waals surface area contributed by atoms with E-state index in [-0.39, 0.29) is 5.91 Å². The fraction of sp³-hybridized carbons (Fsp3) is 0.278. The summed E-state index contributed by atoms with van der Waals surface area (Å²) in [5.74, 6) is 0.769. The summed E-state index contributed by atoms with van der Waals surface area (Å²) in [7, 11) is 0. The molecule has 1 N–H and O–H groups in total. The van der Waals surface area contributed by atoms with Crippen molar-refractivity contribution in [2.75, 3.05) is 11.9 Å². The molecule has 3 nitrogen and oxygen atoms in total. The van der Waals surface area contributed by atoms with Crippen molar-refractivity contribution in [1.82, 2.24) is 0 Å². The van der Waals surface area contributed by atoms with E-state index in [1.54, 1.807) is 0 Å². The van der Waals surface area contributed by atoms with E-state index in [0.717, 1.165) is 16.9 Å². The first kappa shape index (κ1) is 16.4. The lowest BCUT2D eigenvalue weighted by atomic mass is 10.1. The minimum atomic E-state index is -0.0504. The molecule has 0 saturated carbocycles. The van der Waals surface area contributed by atoms with Crippen LogP contribution in [-0.2, 0) is 4.79 Å². The SMILES string of the molecule is Cc1cc(C)c(NC(=O)CCCOc2ccccc2)c(Cl)c1. The molecule has 0 fully saturated rings. The van der Waals surface area contributed by atoms with Crippen molar-refractivity contribution in [3.63, 3.8) is 0 Å². The van der Waals surface area contributed by atoms with E-state index in [0.29, 0.717) is 30.2 Å². The lowest BCUT2D eigenvalue weighted by Gasteiger charge is -2.11.